The van der Waals surface area contributed by atoms with Gasteiger partial charge in [-0.2, -0.15) is 26.3 Å². The Bertz CT molecular complexity index is 1060. The number of carbonyl (C=O) groups is 3. The van der Waals surface area contributed by atoms with Gasteiger partial charge in [-0.1, -0.05) is 12.2 Å². The van der Waals surface area contributed by atoms with Gasteiger partial charge in [0.15, 0.2) is 0 Å². The number of hydrogen-bond donors (Lipinski definition) is 4. The lowest BCUT2D eigenvalue weighted by molar-refractivity contribution is -0.171. The predicted molar refractivity (Wildman–Crippen MR) is 123 cm³/mol. The van der Waals surface area contributed by atoms with Gasteiger partial charge in [-0.3, -0.25) is 20.0 Å². The Morgan fingerprint density at radius 2 is 1.92 bits per heavy atom. The number of nitrogens with two attached hydrogens (primary N) is 1. The van der Waals surface area contributed by atoms with Crippen LogP contribution in [0.3, 0.4) is 0 Å². The number of alkyl halides is 6. The predicted octanol–water partition coefficient (Wildman–Crippen LogP) is 1.15. The normalized spacial score (nSPS) is 20.3. The molecule has 0 aromatic carbocycles. The van der Waals surface area contributed by atoms with Crippen LogP contribution in [-0.4, -0.2) is 92.3 Å². The van der Waals surface area contributed by atoms with Gasteiger partial charge in [0.1, 0.15) is 23.5 Å². The smallest absolute Gasteiger partial charge is 0.395 e. The van der Waals surface area contributed by atoms with Gasteiger partial charge < -0.3 is 30.8 Å². The highest BCUT2D eigenvalue weighted by Crippen LogP contribution is 2.23. The van der Waals surface area contributed by atoms with Crippen molar-refractivity contribution < 1.29 is 45.5 Å². The van der Waals surface area contributed by atoms with E-state index in [0.29, 0.717) is 17.9 Å². The second kappa shape index (κ2) is 12.8. The van der Waals surface area contributed by atoms with Crippen molar-refractivity contribution in [1.29, 1.82) is 5.41 Å². The summed E-state index contributed by atoms with van der Waals surface area (Å²) in [5.74, 6) is -3.78. The average Bonchev–Trinajstić information content (AvgIpc) is 2.86. The van der Waals surface area contributed by atoms with Gasteiger partial charge >= 0.3 is 18.3 Å². The van der Waals surface area contributed by atoms with Gasteiger partial charge in [0, 0.05) is 20.1 Å². The van der Waals surface area contributed by atoms with E-state index < -0.39 is 53.5 Å². The van der Waals surface area contributed by atoms with Crippen molar-refractivity contribution in [3.8, 4) is 0 Å². The molecular formula is C22H26F6N6O4. The zero-order valence-electron chi connectivity index (χ0n) is 20.1. The zero-order valence-corrected chi connectivity index (χ0v) is 20.1. The van der Waals surface area contributed by atoms with Crippen molar-refractivity contribution in [2.45, 2.75) is 37.3 Å². The Kier molecular flexibility index (Phi) is 10.4. The van der Waals surface area contributed by atoms with E-state index in [-0.39, 0.29) is 44.7 Å². The molecule has 38 heavy (non-hydrogen) atoms. The number of rotatable bonds is 8. The van der Waals surface area contributed by atoms with E-state index in [1.165, 1.54) is 22.4 Å². The molecule has 2 rings (SSSR count). The summed E-state index contributed by atoms with van der Waals surface area (Å²) < 4.78 is 81.0. The molecule has 1 saturated heterocycles. The summed E-state index contributed by atoms with van der Waals surface area (Å²) in [6, 6.07) is -1.54. The van der Waals surface area contributed by atoms with E-state index >= 15 is 0 Å². The summed E-state index contributed by atoms with van der Waals surface area (Å²) in [4.78, 5) is 40.5. The average molecular weight is 552 g/mol. The fourth-order valence-corrected chi connectivity index (χ4v) is 3.60. The van der Waals surface area contributed by atoms with Gasteiger partial charge in [-0.15, -0.1) is 0 Å². The summed E-state index contributed by atoms with van der Waals surface area (Å²) in [7, 11) is 1.15. The van der Waals surface area contributed by atoms with E-state index in [0.717, 1.165) is 7.05 Å². The Morgan fingerprint density at radius 1 is 1.24 bits per heavy atom. The highest BCUT2D eigenvalue weighted by Gasteiger charge is 2.39. The van der Waals surface area contributed by atoms with Gasteiger partial charge in [0.2, 0.25) is 0 Å². The van der Waals surface area contributed by atoms with Gasteiger partial charge in [0.05, 0.1) is 25.3 Å². The van der Waals surface area contributed by atoms with Crippen molar-refractivity contribution in [3.63, 3.8) is 0 Å². The van der Waals surface area contributed by atoms with E-state index in [2.05, 4.69) is 10.3 Å². The Balaban J connectivity index is 2.08. The number of hydrogen-bond acceptors (Lipinski definition) is 8. The van der Waals surface area contributed by atoms with Crippen LogP contribution in [0.15, 0.2) is 40.1 Å². The third-order valence-corrected chi connectivity index (χ3v) is 5.68. The molecule has 210 valence electrons. The number of morpholine rings is 1. The molecule has 2 aliphatic rings. The van der Waals surface area contributed by atoms with E-state index in [9.17, 15) is 40.7 Å². The summed E-state index contributed by atoms with van der Waals surface area (Å²) in [6.07, 6.45) is -5.95. The minimum Gasteiger partial charge on any atom is -0.395 e. The molecule has 16 heteroatoms. The first-order valence-electron chi connectivity index (χ1n) is 11.1. The summed E-state index contributed by atoms with van der Waals surface area (Å²) in [6.45, 7) is 0.218. The fraction of sp³-hybridized carbons (Fsp3) is 0.500. The van der Waals surface area contributed by atoms with Crippen LogP contribution in [0.25, 0.3) is 0 Å². The van der Waals surface area contributed by atoms with Gasteiger partial charge in [0.25, 0.3) is 5.91 Å². The number of carbonyl (C=O) groups excluding carboxylic acids is 3. The minimum absolute atomic E-state index is 0.00990. The number of amides is 2. The molecule has 0 spiro atoms. The number of nitrogens with zero attached hydrogens (tertiary/aromatic N) is 2. The number of aldehydes is 1. The van der Waals surface area contributed by atoms with Crippen LogP contribution in [-0.2, 0) is 19.1 Å². The molecule has 5 N–H and O–H groups in total. The van der Waals surface area contributed by atoms with Crippen LogP contribution in [0.2, 0.25) is 0 Å². The van der Waals surface area contributed by atoms with Crippen LogP contribution in [0.5, 0.6) is 0 Å². The summed E-state index contributed by atoms with van der Waals surface area (Å²) in [5, 5.41) is 12.1. The monoisotopic (exact) mass is 552 g/mol. The first-order valence-corrected chi connectivity index (χ1v) is 11.1. The van der Waals surface area contributed by atoms with Crippen LogP contribution < -0.4 is 16.4 Å². The molecule has 1 aliphatic heterocycles. The minimum atomic E-state index is -5.14. The molecule has 0 radical (unpaired) electrons. The maximum Gasteiger partial charge on any atom is 0.471 e. The first-order chi connectivity index (χ1) is 17.7. The standard InChI is InChI=1S/C22H26F6N6O4/c1-31-15(8-17(29)21(23,24)25)19(36)34-6-7-38-11-14(34)9-32-16(10-35)12-2-4-13(5-3-12)18(30)33-20(37)22(26,27)28/h2,4,8,10,14,16,32H,3,5-7,9,11,29H2,1H3,(H2,30,33,37)/t14-,16?/m0/s1. The molecule has 2 atom stereocenters. The fourth-order valence-electron chi connectivity index (χ4n) is 3.60. The number of nitrogens with one attached hydrogen (secondary N) is 3. The molecule has 1 aliphatic carbocycles. The lowest BCUT2D eigenvalue weighted by Gasteiger charge is -2.36. The van der Waals surface area contributed by atoms with Crippen molar-refractivity contribution >= 4 is 29.6 Å². The van der Waals surface area contributed by atoms with Crippen LogP contribution in [0.1, 0.15) is 12.8 Å². The highest BCUT2D eigenvalue weighted by atomic mass is 19.4. The largest absolute Gasteiger partial charge is 0.471 e. The maximum atomic E-state index is 12.9. The number of amidine groups is 1. The molecule has 1 fully saturated rings. The van der Waals surface area contributed by atoms with Gasteiger partial charge in [-0.25, -0.2) is 0 Å². The summed E-state index contributed by atoms with van der Waals surface area (Å²) in [5.41, 5.74) is 3.68. The Labute approximate surface area is 213 Å². The second-order valence-electron chi connectivity index (χ2n) is 8.22. The van der Waals surface area contributed by atoms with Crippen LogP contribution >= 0.6 is 0 Å². The van der Waals surface area contributed by atoms with E-state index in [1.54, 1.807) is 0 Å². The lowest BCUT2D eigenvalue weighted by Crippen LogP contribution is -2.55. The third kappa shape index (κ3) is 8.24. The quantitative estimate of drug-likeness (QED) is 0.154. The second-order valence-corrected chi connectivity index (χ2v) is 8.22. The molecule has 2 amide bonds. The number of allylic oxidation sites excluding steroid dienone is 3. The van der Waals surface area contributed by atoms with E-state index in [4.69, 9.17) is 15.9 Å². The number of aliphatic imine (C=N–C) groups is 1. The van der Waals surface area contributed by atoms with Crippen molar-refractivity contribution in [3.05, 3.63) is 35.1 Å². The van der Waals surface area contributed by atoms with Gasteiger partial charge in [-0.05, 0) is 30.1 Å². The van der Waals surface area contributed by atoms with Crippen LogP contribution in [0, 0.1) is 5.41 Å². The number of ether oxygens (including phenoxy) is 1. The maximum absolute atomic E-state index is 12.9. The van der Waals surface area contributed by atoms with Crippen LogP contribution in [0.4, 0.5) is 26.3 Å². The van der Waals surface area contributed by atoms with Crippen molar-refractivity contribution in [2.24, 2.45) is 10.7 Å². The Hall–Kier alpha value is -3.53. The molecule has 0 bridgehead atoms. The molecule has 10 nitrogen and oxygen atoms in total. The highest BCUT2D eigenvalue weighted by molar-refractivity contribution is 6.43. The lowest BCUT2D eigenvalue weighted by atomic mass is 9.93. The molecule has 1 unspecified atom stereocenters. The first kappa shape index (κ1) is 30.7. The summed E-state index contributed by atoms with van der Waals surface area (Å²) >= 11 is 0. The number of halogens is 6. The van der Waals surface area contributed by atoms with E-state index in [1.807, 2.05) is 0 Å². The van der Waals surface area contributed by atoms with Crippen molar-refractivity contribution in [2.75, 3.05) is 33.4 Å². The molecule has 0 aromatic heterocycles. The molecular weight excluding hydrogens is 526 g/mol. The molecule has 0 aromatic rings. The topological polar surface area (TPSA) is 150 Å². The van der Waals surface area contributed by atoms with Crippen molar-refractivity contribution in [1.82, 2.24) is 15.5 Å². The SMILES string of the molecule is CN=C(C=C(N)C(F)(F)F)C(=O)N1CCOC[C@@H]1CNC(C=O)C1=CC=C(C(=N)NC(=O)C(F)(F)F)CC1. The zero-order chi connectivity index (χ0) is 28.7. The molecule has 0 saturated carbocycles. The third-order valence-electron chi connectivity index (χ3n) is 5.68. The Morgan fingerprint density at radius 3 is 2.45 bits per heavy atom. The molecule has 1 heterocycles.